The van der Waals surface area contributed by atoms with Crippen molar-refractivity contribution in [3.8, 4) is 10.8 Å². The van der Waals surface area contributed by atoms with Gasteiger partial charge in [-0.1, -0.05) is 0 Å². The maximum atomic E-state index is 12.4. The molecule has 2 aromatic heterocycles. The summed E-state index contributed by atoms with van der Waals surface area (Å²) in [6.45, 7) is 0.806. The van der Waals surface area contributed by atoms with Crippen molar-refractivity contribution in [3.63, 3.8) is 0 Å². The third-order valence-corrected chi connectivity index (χ3v) is 4.38. The van der Waals surface area contributed by atoms with Crippen molar-refractivity contribution in [1.29, 1.82) is 0 Å². The fraction of sp³-hybridized carbons (Fsp3) is 0.357. The molecule has 1 atom stereocenters. The molecule has 0 bridgehead atoms. The van der Waals surface area contributed by atoms with E-state index in [1.807, 2.05) is 0 Å². The standard InChI is InChI=1S/C14H14N4O3S/c19-13(18-6-1-3-9(7-18)14(20)21)10-8-22-12(17-10)11-15-4-2-5-16-11/h2,4-5,8-9H,1,3,6-7H2,(H,20,21)/t9-/m0/s1. The average Bonchev–Trinajstić information content (AvgIpc) is 3.05. The van der Waals surface area contributed by atoms with Gasteiger partial charge in [0.05, 0.1) is 5.92 Å². The van der Waals surface area contributed by atoms with Crippen LogP contribution in [-0.4, -0.2) is 49.9 Å². The summed E-state index contributed by atoms with van der Waals surface area (Å²) < 4.78 is 0. The van der Waals surface area contributed by atoms with E-state index in [4.69, 9.17) is 5.11 Å². The van der Waals surface area contributed by atoms with Crippen molar-refractivity contribution in [2.75, 3.05) is 13.1 Å². The number of aromatic nitrogens is 3. The van der Waals surface area contributed by atoms with E-state index >= 15 is 0 Å². The predicted octanol–water partition coefficient (Wildman–Crippen LogP) is 1.54. The Morgan fingerprint density at radius 3 is 2.82 bits per heavy atom. The van der Waals surface area contributed by atoms with Crippen molar-refractivity contribution in [1.82, 2.24) is 19.9 Å². The van der Waals surface area contributed by atoms with Crippen LogP contribution < -0.4 is 0 Å². The van der Waals surface area contributed by atoms with Gasteiger partial charge >= 0.3 is 5.97 Å². The van der Waals surface area contributed by atoms with Crippen LogP contribution in [0.2, 0.25) is 0 Å². The number of amides is 1. The number of thiazole rings is 1. The first kappa shape index (κ1) is 14.6. The summed E-state index contributed by atoms with van der Waals surface area (Å²) in [4.78, 5) is 37.6. The molecule has 1 N–H and O–H groups in total. The number of carboxylic acids is 1. The number of aliphatic carboxylic acids is 1. The highest BCUT2D eigenvalue weighted by Gasteiger charge is 2.29. The summed E-state index contributed by atoms with van der Waals surface area (Å²) in [5.41, 5.74) is 0.318. The zero-order chi connectivity index (χ0) is 15.5. The second-order valence-corrected chi connectivity index (χ2v) is 5.90. The Balaban J connectivity index is 1.76. The second kappa shape index (κ2) is 6.18. The molecule has 1 saturated heterocycles. The molecule has 1 aliphatic rings. The van der Waals surface area contributed by atoms with E-state index in [0.29, 0.717) is 35.9 Å². The van der Waals surface area contributed by atoms with E-state index in [9.17, 15) is 9.59 Å². The molecule has 7 nitrogen and oxygen atoms in total. The smallest absolute Gasteiger partial charge is 0.308 e. The Morgan fingerprint density at radius 1 is 1.32 bits per heavy atom. The first-order chi connectivity index (χ1) is 10.6. The van der Waals surface area contributed by atoms with Gasteiger partial charge in [0.2, 0.25) is 0 Å². The SMILES string of the molecule is O=C(O)[C@H]1CCCN(C(=O)c2csc(-c3ncccn3)n2)C1. The van der Waals surface area contributed by atoms with Crippen LogP contribution in [0.5, 0.6) is 0 Å². The van der Waals surface area contributed by atoms with Gasteiger partial charge in [-0.25, -0.2) is 15.0 Å². The van der Waals surface area contributed by atoms with Crippen LogP contribution in [0.1, 0.15) is 23.3 Å². The highest BCUT2D eigenvalue weighted by atomic mass is 32.1. The van der Waals surface area contributed by atoms with Crippen molar-refractivity contribution in [3.05, 3.63) is 29.5 Å². The number of carbonyl (C=O) groups excluding carboxylic acids is 1. The van der Waals surface area contributed by atoms with Gasteiger partial charge in [0.25, 0.3) is 5.91 Å². The molecule has 22 heavy (non-hydrogen) atoms. The number of nitrogens with zero attached hydrogens (tertiary/aromatic N) is 4. The number of rotatable bonds is 3. The lowest BCUT2D eigenvalue weighted by atomic mass is 9.98. The van der Waals surface area contributed by atoms with Gasteiger partial charge in [-0.2, -0.15) is 0 Å². The summed E-state index contributed by atoms with van der Waals surface area (Å²) in [7, 11) is 0. The average molecular weight is 318 g/mol. The number of hydrogen-bond acceptors (Lipinski definition) is 6. The first-order valence-electron chi connectivity index (χ1n) is 6.90. The van der Waals surface area contributed by atoms with E-state index in [0.717, 1.165) is 0 Å². The molecule has 2 aromatic rings. The fourth-order valence-electron chi connectivity index (χ4n) is 2.41. The molecule has 0 spiro atoms. The first-order valence-corrected chi connectivity index (χ1v) is 7.78. The molecule has 3 rings (SSSR count). The molecule has 0 radical (unpaired) electrons. The molecule has 0 aromatic carbocycles. The number of carboxylic acid groups (broad SMARTS) is 1. The molecule has 0 unspecified atom stereocenters. The Bertz CT molecular complexity index is 688. The van der Waals surface area contributed by atoms with E-state index < -0.39 is 11.9 Å². The Labute approximate surface area is 130 Å². The highest BCUT2D eigenvalue weighted by molar-refractivity contribution is 7.13. The molecule has 114 valence electrons. The third kappa shape index (κ3) is 2.96. The number of carbonyl (C=O) groups is 2. The molecule has 0 aliphatic carbocycles. The molecule has 1 amide bonds. The lowest BCUT2D eigenvalue weighted by Gasteiger charge is -2.30. The zero-order valence-corrected chi connectivity index (χ0v) is 12.5. The minimum atomic E-state index is -0.853. The normalized spacial score (nSPS) is 18.2. The summed E-state index contributed by atoms with van der Waals surface area (Å²) >= 11 is 1.30. The van der Waals surface area contributed by atoms with Gasteiger partial charge in [0.1, 0.15) is 5.69 Å². The molecule has 1 fully saturated rings. The maximum Gasteiger partial charge on any atom is 0.308 e. The Morgan fingerprint density at radius 2 is 2.09 bits per heavy atom. The van der Waals surface area contributed by atoms with Crippen molar-refractivity contribution < 1.29 is 14.7 Å². The van der Waals surface area contributed by atoms with E-state index in [1.165, 1.54) is 11.3 Å². The van der Waals surface area contributed by atoms with Crippen molar-refractivity contribution in [2.24, 2.45) is 5.92 Å². The van der Waals surface area contributed by atoms with Gasteiger partial charge < -0.3 is 10.0 Å². The summed E-state index contributed by atoms with van der Waals surface area (Å²) in [6.07, 6.45) is 4.54. The van der Waals surface area contributed by atoms with Crippen molar-refractivity contribution in [2.45, 2.75) is 12.8 Å². The van der Waals surface area contributed by atoms with Gasteiger partial charge in [0, 0.05) is 30.9 Å². The molecular weight excluding hydrogens is 304 g/mol. The Kier molecular flexibility index (Phi) is 4.10. The monoisotopic (exact) mass is 318 g/mol. The maximum absolute atomic E-state index is 12.4. The summed E-state index contributed by atoms with van der Waals surface area (Å²) in [5.74, 6) is -1.10. The summed E-state index contributed by atoms with van der Waals surface area (Å²) in [5, 5.41) is 11.3. The van der Waals surface area contributed by atoms with Crippen LogP contribution in [0.25, 0.3) is 10.8 Å². The van der Waals surface area contributed by atoms with Crippen LogP contribution in [0, 0.1) is 5.92 Å². The molecule has 8 heteroatoms. The number of piperidine rings is 1. The van der Waals surface area contributed by atoms with E-state index in [2.05, 4.69) is 15.0 Å². The lowest BCUT2D eigenvalue weighted by Crippen LogP contribution is -2.42. The van der Waals surface area contributed by atoms with Crippen molar-refractivity contribution >= 4 is 23.2 Å². The second-order valence-electron chi connectivity index (χ2n) is 5.04. The van der Waals surface area contributed by atoms with E-state index in [-0.39, 0.29) is 12.5 Å². The van der Waals surface area contributed by atoms with Gasteiger partial charge in [-0.15, -0.1) is 11.3 Å². The summed E-state index contributed by atoms with van der Waals surface area (Å²) in [6, 6.07) is 1.71. The van der Waals surface area contributed by atoms with Crippen LogP contribution in [-0.2, 0) is 4.79 Å². The van der Waals surface area contributed by atoms with Gasteiger partial charge in [-0.3, -0.25) is 9.59 Å². The molecular formula is C14H14N4O3S. The van der Waals surface area contributed by atoms with Crippen LogP contribution in [0.4, 0.5) is 0 Å². The van der Waals surface area contributed by atoms with Crippen LogP contribution >= 0.6 is 11.3 Å². The molecule has 1 aliphatic heterocycles. The van der Waals surface area contributed by atoms with Gasteiger partial charge in [0.15, 0.2) is 10.8 Å². The van der Waals surface area contributed by atoms with Gasteiger partial charge in [-0.05, 0) is 18.9 Å². The molecule has 0 saturated carbocycles. The lowest BCUT2D eigenvalue weighted by molar-refractivity contribution is -0.143. The molecule has 3 heterocycles. The van der Waals surface area contributed by atoms with E-state index in [1.54, 1.807) is 28.7 Å². The number of likely N-dealkylation sites (tertiary alicyclic amines) is 1. The highest BCUT2D eigenvalue weighted by Crippen LogP contribution is 2.23. The van der Waals surface area contributed by atoms with Crippen LogP contribution in [0.15, 0.2) is 23.8 Å². The minimum absolute atomic E-state index is 0.232. The predicted molar refractivity (Wildman–Crippen MR) is 79.4 cm³/mol. The quantitative estimate of drug-likeness (QED) is 0.922. The Hall–Kier alpha value is -2.35. The topological polar surface area (TPSA) is 96.3 Å². The van der Waals surface area contributed by atoms with Crippen LogP contribution in [0.3, 0.4) is 0 Å². The number of hydrogen-bond donors (Lipinski definition) is 1. The minimum Gasteiger partial charge on any atom is -0.481 e. The zero-order valence-electron chi connectivity index (χ0n) is 11.7. The third-order valence-electron chi connectivity index (χ3n) is 3.54. The largest absolute Gasteiger partial charge is 0.481 e. The fourth-order valence-corrected chi connectivity index (χ4v) is 3.15.